The second-order valence-electron chi connectivity index (χ2n) is 0.671. The largest absolute Gasteiger partial charge is 3.00 e. The van der Waals surface area contributed by atoms with Gasteiger partial charge in [0.2, 0.25) is 0 Å². The number of rotatable bonds is 0. The Balaban J connectivity index is -0.0000000450. The predicted octanol–water partition coefficient (Wildman–Crippen LogP) is -1.10. The molecule has 0 heterocycles. The zero-order chi connectivity index (χ0) is 10.7. The first kappa shape index (κ1) is 22.4. The van der Waals surface area contributed by atoms with Gasteiger partial charge in [-0.3, -0.25) is 0 Å². The van der Waals surface area contributed by atoms with Crippen LogP contribution in [0.4, 0.5) is 0 Å². The van der Waals surface area contributed by atoms with Crippen LogP contribution in [0.5, 0.6) is 0 Å². The second-order valence-corrected chi connectivity index (χ2v) is 0.671. The Kier molecular flexibility index (Phi) is 28.2. The Hall–Kier alpha value is -2.34. The van der Waals surface area contributed by atoms with Gasteiger partial charge < -0.3 is 46.0 Å². The minimum absolute atomic E-state index is 0. The summed E-state index contributed by atoms with van der Waals surface area (Å²) >= 11 is 0. The van der Waals surface area contributed by atoms with Crippen molar-refractivity contribution in [3.63, 3.8) is 0 Å². The van der Waals surface area contributed by atoms with Crippen LogP contribution < -0.4 is 0 Å². The van der Waals surface area contributed by atoms with E-state index < -0.39 is 15.3 Å². The van der Waals surface area contributed by atoms with Crippen LogP contribution in [0.15, 0.2) is 0 Å². The molecule has 0 atom stereocenters. The summed E-state index contributed by atoms with van der Waals surface area (Å²) < 4.78 is 0. The van der Waals surface area contributed by atoms with Crippen molar-refractivity contribution in [3.05, 3.63) is 46.0 Å². The summed E-state index contributed by atoms with van der Waals surface area (Å²) in [5, 5.41) is 44.2. The van der Waals surface area contributed by atoms with Crippen molar-refractivity contribution in [3.8, 4) is 0 Å². The van der Waals surface area contributed by atoms with E-state index in [1.807, 2.05) is 0 Å². The third-order valence-corrected chi connectivity index (χ3v) is 0. The maximum absolute atomic E-state index is 8.25. The van der Waals surface area contributed by atoms with E-state index in [0.29, 0.717) is 0 Å². The quantitative estimate of drug-likeness (QED) is 0.262. The van der Waals surface area contributed by atoms with E-state index in [1.54, 1.807) is 0 Å². The maximum Gasteiger partial charge on any atom is 3.00 e. The van der Waals surface area contributed by atoms with Gasteiger partial charge in [-0.05, 0) is 0 Å². The molecule has 12 nitrogen and oxygen atoms in total. The van der Waals surface area contributed by atoms with Crippen molar-refractivity contribution in [2.75, 3.05) is 0 Å². The first-order valence-corrected chi connectivity index (χ1v) is 1.64. The summed E-state index contributed by atoms with van der Waals surface area (Å²) in [5.41, 5.74) is 0. The molecule has 0 amide bonds. The molecule has 0 unspecified atom stereocenters. The molecule has 0 radical (unpaired) electrons. The van der Waals surface area contributed by atoms with Crippen LogP contribution in [-0.2, 0) is 0 Å². The van der Waals surface area contributed by atoms with E-state index in [0.717, 1.165) is 0 Å². The van der Waals surface area contributed by atoms with Crippen molar-refractivity contribution in [2.45, 2.75) is 0 Å². The molecule has 0 aliphatic heterocycles. The van der Waals surface area contributed by atoms with Gasteiger partial charge in [0.25, 0.3) is 0 Å². The summed E-state index contributed by atoms with van der Waals surface area (Å²) in [4.78, 5) is 24.8. The van der Waals surface area contributed by atoms with Gasteiger partial charge in [0, 0.05) is 0 Å². The monoisotopic (exact) mass is 197 g/mol. The Morgan fingerprint density at radius 1 is 0.538 bits per heavy atom. The van der Waals surface area contributed by atoms with Gasteiger partial charge in [0.15, 0.2) is 0 Å². The average Bonchev–Trinajstić information content (AvgIpc) is 1.54. The van der Waals surface area contributed by atoms with Crippen molar-refractivity contribution in [1.82, 2.24) is 0 Å². The minimum atomic E-state index is -1.75. The van der Waals surface area contributed by atoms with Crippen molar-refractivity contribution >= 4 is 8.41 Å². The summed E-state index contributed by atoms with van der Waals surface area (Å²) in [6.45, 7) is 0. The molecule has 0 aromatic carbocycles. The van der Waals surface area contributed by atoms with Gasteiger partial charge >= 0.3 is 8.41 Å². The molecule has 0 saturated carbocycles. The van der Waals surface area contributed by atoms with Crippen LogP contribution in [0.25, 0.3) is 0 Å². The van der Waals surface area contributed by atoms with Crippen LogP contribution in [0, 0.1) is 46.0 Å². The molecule has 0 aliphatic carbocycles. The minimum Gasteiger partial charge on any atom is -0.356 e. The van der Waals surface area contributed by atoms with Crippen LogP contribution in [0.1, 0.15) is 0 Å². The van der Waals surface area contributed by atoms with E-state index in [9.17, 15) is 0 Å². The molecule has 0 rings (SSSR count). The molecule has 0 spiro atoms. The topological polar surface area (TPSA) is 199 Å². The van der Waals surface area contributed by atoms with Gasteiger partial charge in [0.1, 0.15) is 0 Å². The predicted molar refractivity (Wildman–Crippen MR) is 36.8 cm³/mol. The fraction of sp³-hybridized carbons (Fsp3) is 0. The SMILES string of the molecule is O=[N+]([O-])[O-].O=[N+]([O-])[O-].O=[N+]([O-])[O-].[B+3]. The summed E-state index contributed by atoms with van der Waals surface area (Å²) in [7, 11) is 0. The maximum atomic E-state index is 8.25. The van der Waals surface area contributed by atoms with Gasteiger partial charge in [-0.25, -0.2) is 0 Å². The van der Waals surface area contributed by atoms with Gasteiger partial charge in [-0.15, -0.1) is 0 Å². The normalized spacial score (nSPS) is 5.54. The molecular formula is BN3O9. The van der Waals surface area contributed by atoms with E-state index >= 15 is 0 Å². The molecule has 0 saturated heterocycles. The van der Waals surface area contributed by atoms with Crippen LogP contribution in [-0.4, -0.2) is 23.7 Å². The first-order chi connectivity index (χ1) is 5.20. The second kappa shape index (κ2) is 16.3. The van der Waals surface area contributed by atoms with E-state index in [1.165, 1.54) is 0 Å². The molecule has 0 N–H and O–H groups in total. The zero-order valence-electron chi connectivity index (χ0n) is 5.59. The summed E-state index contributed by atoms with van der Waals surface area (Å²) in [6.07, 6.45) is 0. The number of hydrogen-bond acceptors (Lipinski definition) is 9. The molecule has 0 aliphatic rings. The van der Waals surface area contributed by atoms with E-state index in [4.69, 9.17) is 46.0 Å². The molecule has 0 fully saturated rings. The fourth-order valence-corrected chi connectivity index (χ4v) is 0. The summed E-state index contributed by atoms with van der Waals surface area (Å²) in [5.74, 6) is 0. The molecule has 13 heteroatoms. The number of nitrogens with zero attached hydrogens (tertiary/aromatic N) is 3. The van der Waals surface area contributed by atoms with E-state index in [2.05, 4.69) is 0 Å². The molecule has 0 aromatic rings. The molecule has 0 bridgehead atoms. The average molecular weight is 197 g/mol. The van der Waals surface area contributed by atoms with E-state index in [-0.39, 0.29) is 8.41 Å². The Morgan fingerprint density at radius 2 is 0.538 bits per heavy atom. The molecule has 72 valence electrons. The van der Waals surface area contributed by atoms with Crippen LogP contribution >= 0.6 is 0 Å². The van der Waals surface area contributed by atoms with Gasteiger partial charge in [-0.1, -0.05) is 0 Å². The van der Waals surface area contributed by atoms with Crippen molar-refractivity contribution in [1.29, 1.82) is 0 Å². The third kappa shape index (κ3) is 104. The van der Waals surface area contributed by atoms with Crippen molar-refractivity contribution in [2.24, 2.45) is 0 Å². The Morgan fingerprint density at radius 3 is 0.538 bits per heavy atom. The van der Waals surface area contributed by atoms with Crippen LogP contribution in [0.3, 0.4) is 0 Å². The standard InChI is InChI=1S/B.3NO3/c;3*2-1(3)4/q+3;3*-1. The Bertz CT molecular complexity index is 112. The van der Waals surface area contributed by atoms with Gasteiger partial charge in [-0.2, -0.15) is 0 Å². The first-order valence-electron chi connectivity index (χ1n) is 1.64. The van der Waals surface area contributed by atoms with Gasteiger partial charge in [0.05, 0.1) is 15.3 Å². The number of hydrogen-bond donors (Lipinski definition) is 0. The molecule has 13 heavy (non-hydrogen) atoms. The summed E-state index contributed by atoms with van der Waals surface area (Å²) in [6, 6.07) is 0. The zero-order valence-corrected chi connectivity index (χ0v) is 5.59. The molecule has 0 aromatic heterocycles. The molecular weight excluding hydrogens is 197 g/mol. The van der Waals surface area contributed by atoms with Crippen LogP contribution in [0.2, 0.25) is 0 Å². The fourth-order valence-electron chi connectivity index (χ4n) is 0. The Labute approximate surface area is 70.9 Å². The smallest absolute Gasteiger partial charge is 0.356 e. The van der Waals surface area contributed by atoms with Crippen molar-refractivity contribution < 1.29 is 15.3 Å². The third-order valence-electron chi connectivity index (χ3n) is 0.